The van der Waals surface area contributed by atoms with Crippen LogP contribution < -0.4 is 0 Å². The van der Waals surface area contributed by atoms with E-state index in [1.54, 1.807) is 0 Å². The van der Waals surface area contributed by atoms with Crippen molar-refractivity contribution in [3.8, 4) is 0 Å². The lowest BCUT2D eigenvalue weighted by atomic mass is 9.66. The highest BCUT2D eigenvalue weighted by molar-refractivity contribution is 5.08. The van der Waals surface area contributed by atoms with Crippen molar-refractivity contribution >= 4 is 0 Å². The van der Waals surface area contributed by atoms with Crippen LogP contribution >= 0.6 is 0 Å². The molecule has 4 nitrogen and oxygen atoms in total. The summed E-state index contributed by atoms with van der Waals surface area (Å²) in [7, 11) is 0. The minimum atomic E-state index is -0.541. The van der Waals surface area contributed by atoms with Crippen molar-refractivity contribution in [1.29, 1.82) is 0 Å². The van der Waals surface area contributed by atoms with E-state index in [1.807, 2.05) is 5.06 Å². The summed E-state index contributed by atoms with van der Waals surface area (Å²) in [5.41, 5.74) is -0.286. The lowest BCUT2D eigenvalue weighted by Crippen LogP contribution is -2.73. The van der Waals surface area contributed by atoms with E-state index in [1.165, 1.54) is 0 Å². The normalized spacial score (nSPS) is 40.4. The van der Waals surface area contributed by atoms with E-state index in [4.69, 9.17) is 14.7 Å². The topological polar surface area (TPSA) is 44.6 Å². The molecule has 3 atom stereocenters. The quantitative estimate of drug-likeness (QED) is 0.736. The number of piperidine rings is 1. The minimum absolute atomic E-state index is 0.161. The summed E-state index contributed by atoms with van der Waals surface area (Å²) in [6, 6.07) is 0. The molecule has 0 amide bonds. The van der Waals surface area contributed by atoms with Crippen LogP contribution in [0, 0.1) is 11.3 Å². The Morgan fingerprint density at radius 1 is 0.957 bits per heavy atom. The maximum Gasteiger partial charge on any atom is 0.174 e. The first-order chi connectivity index (χ1) is 10.7. The van der Waals surface area contributed by atoms with Crippen LogP contribution in [0.4, 0.5) is 0 Å². The van der Waals surface area contributed by atoms with Crippen molar-refractivity contribution in [2.24, 2.45) is 11.3 Å². The third-order valence-corrected chi connectivity index (χ3v) is 7.49. The third kappa shape index (κ3) is 2.76. The van der Waals surface area contributed by atoms with Crippen LogP contribution in [0.15, 0.2) is 0 Å². The van der Waals surface area contributed by atoms with Crippen molar-refractivity contribution < 1.29 is 14.7 Å². The highest BCUT2D eigenvalue weighted by atomic mass is 16.7. The smallest absolute Gasteiger partial charge is 0.174 e. The molecule has 2 heterocycles. The van der Waals surface area contributed by atoms with Gasteiger partial charge in [-0.2, -0.15) is 0 Å². The van der Waals surface area contributed by atoms with Crippen molar-refractivity contribution in [2.45, 2.75) is 97.4 Å². The Morgan fingerprint density at radius 3 is 1.87 bits per heavy atom. The second kappa shape index (κ2) is 6.29. The first-order valence-electron chi connectivity index (χ1n) is 9.47. The molecular formula is C19H38NO3+. The van der Waals surface area contributed by atoms with E-state index in [9.17, 15) is 0 Å². The number of rotatable bonds is 4. The molecule has 0 radical (unpaired) electrons. The fourth-order valence-electron chi connectivity index (χ4n) is 4.44. The van der Waals surface area contributed by atoms with Gasteiger partial charge >= 0.3 is 0 Å². The van der Waals surface area contributed by atoms with E-state index in [-0.39, 0.29) is 22.4 Å². The van der Waals surface area contributed by atoms with Gasteiger partial charge in [0, 0.05) is 17.8 Å². The highest BCUT2D eigenvalue weighted by Gasteiger charge is 2.65. The van der Waals surface area contributed by atoms with E-state index >= 15 is 0 Å². The molecule has 136 valence electrons. The van der Waals surface area contributed by atoms with Crippen LogP contribution in [0.1, 0.15) is 80.6 Å². The summed E-state index contributed by atoms with van der Waals surface area (Å²) in [6.45, 7) is 17.0. The van der Waals surface area contributed by atoms with Crippen LogP contribution in [0.5, 0.6) is 0 Å². The SMILES string of the molecule is CCC1(CC)COC2(CC(C)(CC)N([OH2+])C(C)(CC)C2C)OC1. The van der Waals surface area contributed by atoms with Gasteiger partial charge in [-0.05, 0) is 39.5 Å². The molecule has 2 N–H and O–H groups in total. The second-order valence-electron chi connectivity index (χ2n) is 8.39. The van der Waals surface area contributed by atoms with Crippen LogP contribution in [0.3, 0.4) is 0 Å². The van der Waals surface area contributed by atoms with Crippen molar-refractivity contribution in [1.82, 2.24) is 5.06 Å². The van der Waals surface area contributed by atoms with E-state index < -0.39 is 5.79 Å². The monoisotopic (exact) mass is 328 g/mol. The first kappa shape index (κ1) is 19.2. The Morgan fingerprint density at radius 2 is 1.48 bits per heavy atom. The van der Waals surface area contributed by atoms with Gasteiger partial charge in [-0.3, -0.25) is 0 Å². The predicted molar refractivity (Wildman–Crippen MR) is 94.3 cm³/mol. The van der Waals surface area contributed by atoms with Gasteiger partial charge in [0.1, 0.15) is 0 Å². The van der Waals surface area contributed by atoms with Crippen molar-refractivity contribution in [3.63, 3.8) is 0 Å². The fraction of sp³-hybridized carbons (Fsp3) is 1.00. The number of ether oxygens (including phenoxy) is 2. The van der Waals surface area contributed by atoms with E-state index in [0.29, 0.717) is 0 Å². The molecule has 23 heavy (non-hydrogen) atoms. The molecule has 0 bridgehead atoms. The summed E-state index contributed by atoms with van der Waals surface area (Å²) < 4.78 is 13.1. The van der Waals surface area contributed by atoms with Crippen LogP contribution in [0.25, 0.3) is 0 Å². The zero-order chi connectivity index (χ0) is 17.5. The molecule has 2 fully saturated rings. The molecule has 2 rings (SSSR count). The lowest BCUT2D eigenvalue weighted by molar-refractivity contribution is -0.401. The van der Waals surface area contributed by atoms with E-state index in [2.05, 4.69) is 48.5 Å². The predicted octanol–water partition coefficient (Wildman–Crippen LogP) is 3.85. The number of nitrogens with zero attached hydrogens (tertiary/aromatic N) is 1. The molecule has 0 aromatic rings. The molecule has 1 spiro atoms. The van der Waals surface area contributed by atoms with E-state index in [0.717, 1.165) is 45.3 Å². The largest absolute Gasteiger partial charge is 0.349 e. The average molecular weight is 329 g/mol. The zero-order valence-electron chi connectivity index (χ0n) is 16.3. The summed E-state index contributed by atoms with van der Waals surface area (Å²) in [4.78, 5) is 0. The standard InChI is InChI=1S/C19H37NO3/c1-8-16(6)12-19(15(5)17(7,9-2)20(16)21)22-13-18(10-3,11-4)14-23-19/h15,21H,8-14H2,1-7H3/p+1. The molecule has 2 saturated heterocycles. The molecule has 2 aliphatic rings. The molecule has 0 aromatic heterocycles. The lowest BCUT2D eigenvalue weighted by Gasteiger charge is -2.61. The fourth-order valence-corrected chi connectivity index (χ4v) is 4.44. The summed E-state index contributed by atoms with van der Waals surface area (Å²) in [5.74, 6) is -0.371. The summed E-state index contributed by atoms with van der Waals surface area (Å²) in [5, 5.41) is 10.6. The second-order valence-corrected chi connectivity index (χ2v) is 8.39. The Labute approximate surface area is 142 Å². The third-order valence-electron chi connectivity index (χ3n) is 7.49. The molecular weight excluding hydrogens is 290 g/mol. The molecule has 0 saturated carbocycles. The van der Waals surface area contributed by atoms with Crippen molar-refractivity contribution in [3.05, 3.63) is 0 Å². The minimum Gasteiger partial charge on any atom is -0.349 e. The Balaban J connectivity index is 2.35. The Kier molecular flexibility index (Phi) is 5.24. The average Bonchev–Trinajstić information content (AvgIpc) is 2.59. The zero-order valence-corrected chi connectivity index (χ0v) is 16.3. The first-order valence-corrected chi connectivity index (χ1v) is 9.47. The Bertz CT molecular complexity index is 413. The molecule has 0 aliphatic carbocycles. The molecule has 2 aliphatic heterocycles. The summed E-state index contributed by atoms with van der Waals surface area (Å²) >= 11 is 0. The van der Waals surface area contributed by atoms with Gasteiger partial charge in [0.05, 0.1) is 24.3 Å². The molecule has 0 aromatic carbocycles. The van der Waals surface area contributed by atoms with Crippen molar-refractivity contribution in [2.75, 3.05) is 13.2 Å². The van der Waals surface area contributed by atoms with Gasteiger partial charge in [0.2, 0.25) is 0 Å². The molecule has 3 unspecified atom stereocenters. The van der Waals surface area contributed by atoms with Gasteiger partial charge < -0.3 is 14.7 Å². The van der Waals surface area contributed by atoms with Crippen LogP contribution in [-0.4, -0.2) is 40.3 Å². The maximum atomic E-state index is 8.78. The summed E-state index contributed by atoms with van der Waals surface area (Å²) in [6.07, 6.45) is 4.82. The van der Waals surface area contributed by atoms with Gasteiger partial charge in [-0.25, -0.2) is 0 Å². The van der Waals surface area contributed by atoms with Gasteiger partial charge in [-0.1, -0.05) is 39.7 Å². The van der Waals surface area contributed by atoms with Gasteiger partial charge in [0.15, 0.2) is 5.79 Å². The molecule has 4 heteroatoms. The number of hydrogen-bond donors (Lipinski definition) is 0. The van der Waals surface area contributed by atoms with Crippen LogP contribution in [-0.2, 0) is 9.47 Å². The number of hydrogen-bond acceptors (Lipinski definition) is 3. The van der Waals surface area contributed by atoms with Gasteiger partial charge in [0.25, 0.3) is 0 Å². The number of hydroxylamine groups is 2. The van der Waals surface area contributed by atoms with Gasteiger partial charge in [-0.15, -0.1) is 0 Å². The highest BCUT2D eigenvalue weighted by Crippen LogP contribution is 2.53. The maximum absolute atomic E-state index is 8.78. The van der Waals surface area contributed by atoms with Crippen LogP contribution in [0.2, 0.25) is 0 Å². The Hall–Kier alpha value is -0.160.